The Kier molecular flexibility index (Phi) is 5.04. The van der Waals surface area contributed by atoms with E-state index in [1.165, 1.54) is 50.9 Å². The van der Waals surface area contributed by atoms with Crippen LogP contribution in [-0.2, 0) is 0 Å². The summed E-state index contributed by atoms with van der Waals surface area (Å²) in [6, 6.07) is 8.29. The fourth-order valence-corrected chi connectivity index (χ4v) is 4.81. The van der Waals surface area contributed by atoms with Gasteiger partial charge in [-0.25, -0.2) is 0 Å². The minimum atomic E-state index is 0.593. The molecule has 0 aliphatic carbocycles. The predicted octanol–water partition coefficient (Wildman–Crippen LogP) is 2.50. The average molecular weight is 345 g/mol. The van der Waals surface area contributed by atoms with Gasteiger partial charge in [-0.1, -0.05) is 0 Å². The fourth-order valence-electron chi connectivity index (χ4n) is 4.81. The van der Waals surface area contributed by atoms with Crippen LogP contribution < -0.4 is 19.7 Å². The summed E-state index contributed by atoms with van der Waals surface area (Å²) < 4.78 is 10.8. The topological polar surface area (TPSA) is 37.0 Å². The molecule has 0 saturated carbocycles. The summed E-state index contributed by atoms with van der Waals surface area (Å²) in [7, 11) is 3.42. The monoisotopic (exact) mass is 345 g/mol. The van der Waals surface area contributed by atoms with Gasteiger partial charge >= 0.3 is 0 Å². The molecule has 0 bridgehead atoms. The highest BCUT2D eigenvalue weighted by molar-refractivity contribution is 5.56. The molecule has 0 aromatic heterocycles. The lowest BCUT2D eigenvalue weighted by Gasteiger charge is -2.36. The third-order valence-corrected chi connectivity index (χ3v) is 6.18. The summed E-state index contributed by atoms with van der Waals surface area (Å²) in [5, 5.41) is 3.96. The minimum Gasteiger partial charge on any atom is -0.497 e. The number of ether oxygens (including phenoxy) is 2. The van der Waals surface area contributed by atoms with Crippen LogP contribution in [0.2, 0.25) is 0 Å². The van der Waals surface area contributed by atoms with Crippen LogP contribution in [0.25, 0.3) is 0 Å². The van der Waals surface area contributed by atoms with Crippen LogP contribution in [0, 0.1) is 0 Å². The Morgan fingerprint density at radius 3 is 2.44 bits per heavy atom. The number of hydrogen-bond acceptors (Lipinski definition) is 5. The Morgan fingerprint density at radius 2 is 1.68 bits per heavy atom. The molecule has 3 saturated heterocycles. The van der Waals surface area contributed by atoms with Crippen LogP contribution in [-0.4, -0.2) is 63.4 Å². The molecule has 3 aliphatic rings. The summed E-state index contributed by atoms with van der Waals surface area (Å²) in [5.41, 5.74) is 1.20. The lowest BCUT2D eigenvalue weighted by Crippen LogP contribution is -2.49. The molecule has 5 heteroatoms. The first kappa shape index (κ1) is 17.0. The summed E-state index contributed by atoms with van der Waals surface area (Å²) in [4.78, 5) is 5.15. The number of benzene rings is 1. The van der Waals surface area contributed by atoms with Gasteiger partial charge in [0.1, 0.15) is 11.5 Å². The Bertz CT molecular complexity index is 572. The van der Waals surface area contributed by atoms with Crippen molar-refractivity contribution in [3.05, 3.63) is 18.2 Å². The summed E-state index contributed by atoms with van der Waals surface area (Å²) in [5.74, 6) is 1.72. The van der Waals surface area contributed by atoms with Gasteiger partial charge in [-0.05, 0) is 45.2 Å². The lowest BCUT2D eigenvalue weighted by atomic mass is 9.97. The van der Waals surface area contributed by atoms with E-state index in [2.05, 4.69) is 27.2 Å². The number of nitrogens with one attached hydrogen (secondary N) is 1. The van der Waals surface area contributed by atoms with E-state index in [-0.39, 0.29) is 0 Å². The van der Waals surface area contributed by atoms with E-state index in [9.17, 15) is 0 Å². The van der Waals surface area contributed by atoms with Crippen molar-refractivity contribution in [2.45, 2.75) is 50.2 Å². The van der Waals surface area contributed by atoms with Crippen LogP contribution in [0.4, 0.5) is 5.69 Å². The molecule has 0 radical (unpaired) electrons. The van der Waals surface area contributed by atoms with E-state index in [1.807, 2.05) is 6.07 Å². The Labute approximate surface area is 151 Å². The van der Waals surface area contributed by atoms with Crippen molar-refractivity contribution < 1.29 is 9.47 Å². The van der Waals surface area contributed by atoms with Gasteiger partial charge < -0.3 is 24.6 Å². The van der Waals surface area contributed by atoms with Gasteiger partial charge in [0.25, 0.3) is 0 Å². The third kappa shape index (κ3) is 3.72. The Morgan fingerprint density at radius 1 is 0.920 bits per heavy atom. The van der Waals surface area contributed by atoms with Crippen molar-refractivity contribution in [2.24, 2.45) is 0 Å². The number of hydrogen-bond donors (Lipinski definition) is 1. The molecular formula is C20H31N3O2. The van der Waals surface area contributed by atoms with Crippen molar-refractivity contribution in [2.75, 3.05) is 45.3 Å². The van der Waals surface area contributed by atoms with E-state index in [1.54, 1.807) is 14.2 Å². The third-order valence-electron chi connectivity index (χ3n) is 6.18. The molecule has 3 aliphatic heterocycles. The highest BCUT2D eigenvalue weighted by Gasteiger charge is 2.33. The predicted molar refractivity (Wildman–Crippen MR) is 101 cm³/mol. The Hall–Kier alpha value is -1.46. The molecule has 0 unspecified atom stereocenters. The van der Waals surface area contributed by atoms with Crippen LogP contribution in [0.3, 0.4) is 0 Å². The zero-order valence-corrected chi connectivity index (χ0v) is 15.5. The summed E-state index contributed by atoms with van der Waals surface area (Å²) in [6.07, 6.45) is 6.65. The van der Waals surface area contributed by atoms with Crippen molar-refractivity contribution >= 4 is 5.69 Å². The van der Waals surface area contributed by atoms with E-state index < -0.39 is 0 Å². The van der Waals surface area contributed by atoms with E-state index >= 15 is 0 Å². The average Bonchev–Trinajstić information content (AvgIpc) is 3.30. The molecule has 3 atom stereocenters. The van der Waals surface area contributed by atoms with Crippen molar-refractivity contribution in [3.63, 3.8) is 0 Å². The quantitative estimate of drug-likeness (QED) is 0.887. The SMILES string of the molecule is COc1cc(OC)cc(N2CC[C@H](N[C@H]3CCN4CCC[C@@H]4C3)C2)c1. The van der Waals surface area contributed by atoms with Gasteiger partial charge in [0.05, 0.1) is 14.2 Å². The highest BCUT2D eigenvalue weighted by atomic mass is 16.5. The first-order valence-electron chi connectivity index (χ1n) is 9.73. The molecule has 3 heterocycles. The van der Waals surface area contributed by atoms with Gasteiger partial charge in [0.15, 0.2) is 0 Å². The Balaban J connectivity index is 1.35. The maximum absolute atomic E-state index is 5.42. The maximum Gasteiger partial charge on any atom is 0.124 e. The van der Waals surface area contributed by atoms with Crippen LogP contribution in [0.5, 0.6) is 11.5 Å². The number of rotatable bonds is 5. The molecule has 138 valence electrons. The summed E-state index contributed by atoms with van der Waals surface area (Å²) in [6.45, 7) is 4.77. The number of anilines is 1. The molecule has 25 heavy (non-hydrogen) atoms. The van der Waals surface area contributed by atoms with Crippen LogP contribution >= 0.6 is 0 Å². The second-order valence-corrected chi connectivity index (χ2v) is 7.72. The molecule has 1 aromatic carbocycles. The minimum absolute atomic E-state index is 0.593. The van der Waals surface area contributed by atoms with Gasteiger partial charge in [0, 0.05) is 55.1 Å². The molecule has 0 spiro atoms. The second-order valence-electron chi connectivity index (χ2n) is 7.72. The molecule has 1 aromatic rings. The largest absolute Gasteiger partial charge is 0.497 e. The molecular weight excluding hydrogens is 314 g/mol. The molecule has 1 N–H and O–H groups in total. The molecule has 3 fully saturated rings. The maximum atomic E-state index is 5.42. The second kappa shape index (κ2) is 7.42. The van der Waals surface area contributed by atoms with Crippen molar-refractivity contribution in [3.8, 4) is 11.5 Å². The highest BCUT2D eigenvalue weighted by Crippen LogP contribution is 2.31. The fraction of sp³-hybridized carbons (Fsp3) is 0.700. The van der Waals surface area contributed by atoms with E-state index in [0.717, 1.165) is 30.6 Å². The molecule has 4 rings (SSSR count). The van der Waals surface area contributed by atoms with Crippen molar-refractivity contribution in [1.82, 2.24) is 10.2 Å². The zero-order chi connectivity index (χ0) is 17.2. The number of methoxy groups -OCH3 is 2. The van der Waals surface area contributed by atoms with Gasteiger partial charge in [-0.15, -0.1) is 0 Å². The lowest BCUT2D eigenvalue weighted by molar-refractivity contribution is 0.162. The van der Waals surface area contributed by atoms with Gasteiger partial charge in [-0.3, -0.25) is 0 Å². The first-order valence-corrected chi connectivity index (χ1v) is 9.73. The van der Waals surface area contributed by atoms with Crippen molar-refractivity contribution in [1.29, 1.82) is 0 Å². The number of nitrogens with zero attached hydrogens (tertiary/aromatic N) is 2. The molecule has 5 nitrogen and oxygen atoms in total. The number of fused-ring (bicyclic) bond motifs is 1. The zero-order valence-electron chi connectivity index (χ0n) is 15.5. The molecule has 0 amide bonds. The van der Waals surface area contributed by atoms with Crippen LogP contribution in [0.1, 0.15) is 32.1 Å². The van der Waals surface area contributed by atoms with E-state index in [0.29, 0.717) is 12.1 Å². The summed E-state index contributed by atoms with van der Waals surface area (Å²) >= 11 is 0. The van der Waals surface area contributed by atoms with Gasteiger partial charge in [-0.2, -0.15) is 0 Å². The smallest absolute Gasteiger partial charge is 0.124 e. The van der Waals surface area contributed by atoms with Crippen LogP contribution in [0.15, 0.2) is 18.2 Å². The van der Waals surface area contributed by atoms with Gasteiger partial charge in [0.2, 0.25) is 0 Å². The number of piperidine rings is 1. The standard InChI is InChI=1S/C20H31N3O2/c1-24-19-11-18(12-20(13-19)25-2)23-9-6-16(14-23)21-15-5-8-22-7-3-4-17(22)10-15/h11-13,15-17,21H,3-10,14H2,1-2H3/t15-,16-,17+/m0/s1. The van der Waals surface area contributed by atoms with E-state index in [4.69, 9.17) is 9.47 Å². The normalized spacial score (nSPS) is 29.7. The first-order chi connectivity index (χ1) is 12.2.